The normalized spacial score (nSPS) is 11.1. The molecular formula is C26H29N5O5. The third-order valence-electron chi connectivity index (χ3n) is 5.69. The van der Waals surface area contributed by atoms with Crippen molar-refractivity contribution in [2.45, 2.75) is 39.9 Å². The molecular weight excluding hydrogens is 462 g/mol. The monoisotopic (exact) mass is 491 g/mol. The Balaban J connectivity index is 1.59. The van der Waals surface area contributed by atoms with Gasteiger partial charge in [0.15, 0.2) is 11.2 Å². The highest BCUT2D eigenvalue weighted by Gasteiger charge is 2.21. The molecule has 10 nitrogen and oxygen atoms in total. The maximum atomic E-state index is 13.4. The number of para-hydroxylation sites is 1. The van der Waals surface area contributed by atoms with Crippen LogP contribution in [0.4, 0.5) is 5.69 Å². The molecule has 0 radical (unpaired) electrons. The molecule has 0 bridgehead atoms. The number of ether oxygens (including phenoxy) is 2. The highest BCUT2D eigenvalue weighted by molar-refractivity contribution is 5.90. The molecule has 1 N–H and O–H groups in total. The average molecular weight is 492 g/mol. The molecule has 0 aliphatic carbocycles. The van der Waals surface area contributed by atoms with Crippen LogP contribution in [0.1, 0.15) is 19.2 Å². The van der Waals surface area contributed by atoms with Gasteiger partial charge in [0.2, 0.25) is 5.91 Å². The number of amides is 1. The lowest BCUT2D eigenvalue weighted by Crippen LogP contribution is -2.43. The van der Waals surface area contributed by atoms with Crippen LogP contribution in [0.5, 0.6) is 11.5 Å². The lowest BCUT2D eigenvalue weighted by molar-refractivity contribution is -0.116. The van der Waals surface area contributed by atoms with Gasteiger partial charge in [-0.15, -0.1) is 0 Å². The van der Waals surface area contributed by atoms with Crippen molar-refractivity contribution in [2.24, 2.45) is 0 Å². The van der Waals surface area contributed by atoms with Crippen LogP contribution in [-0.4, -0.2) is 38.3 Å². The van der Waals surface area contributed by atoms with Gasteiger partial charge in [-0.1, -0.05) is 25.1 Å². The van der Waals surface area contributed by atoms with Crippen LogP contribution in [0.15, 0.2) is 64.2 Å². The zero-order chi connectivity index (χ0) is 25.7. The minimum atomic E-state index is -0.562. The Labute approximate surface area is 207 Å². The Morgan fingerprint density at radius 2 is 1.64 bits per heavy atom. The van der Waals surface area contributed by atoms with Gasteiger partial charge in [-0.3, -0.25) is 14.2 Å². The lowest BCUT2D eigenvalue weighted by Gasteiger charge is -2.13. The number of rotatable bonds is 10. The Morgan fingerprint density at radius 3 is 2.31 bits per heavy atom. The van der Waals surface area contributed by atoms with Crippen molar-refractivity contribution in [3.05, 3.63) is 81.3 Å². The third-order valence-corrected chi connectivity index (χ3v) is 5.69. The smallest absolute Gasteiger partial charge is 0.333 e. The summed E-state index contributed by atoms with van der Waals surface area (Å²) in [6.07, 6.45) is 0.667. The van der Waals surface area contributed by atoms with E-state index >= 15 is 0 Å². The van der Waals surface area contributed by atoms with Crippen molar-refractivity contribution in [2.75, 3.05) is 19.0 Å². The van der Waals surface area contributed by atoms with Crippen molar-refractivity contribution in [1.82, 2.24) is 18.7 Å². The molecule has 4 aromatic rings. The van der Waals surface area contributed by atoms with E-state index in [2.05, 4.69) is 10.3 Å². The second kappa shape index (κ2) is 11.0. The summed E-state index contributed by atoms with van der Waals surface area (Å²) in [6, 6.07) is 16.2. The number of imidazole rings is 1. The summed E-state index contributed by atoms with van der Waals surface area (Å²) in [7, 11) is 1.57. The van der Waals surface area contributed by atoms with E-state index in [0.717, 1.165) is 4.57 Å². The molecule has 0 spiro atoms. The number of aryl methyl sites for hydroxylation is 2. The number of nitrogens with one attached hydrogen (secondary N) is 1. The van der Waals surface area contributed by atoms with Gasteiger partial charge >= 0.3 is 5.69 Å². The van der Waals surface area contributed by atoms with Crippen molar-refractivity contribution in [3.8, 4) is 11.5 Å². The van der Waals surface area contributed by atoms with E-state index in [-0.39, 0.29) is 5.52 Å². The Morgan fingerprint density at radius 1 is 0.944 bits per heavy atom. The summed E-state index contributed by atoms with van der Waals surface area (Å²) in [5.41, 5.74) is 0.0108. The summed E-state index contributed by atoms with van der Waals surface area (Å²) in [5, 5.41) is 2.74. The topological polar surface area (TPSA) is 109 Å². The number of aromatic nitrogens is 4. The molecule has 188 valence electrons. The zero-order valence-electron chi connectivity index (χ0n) is 20.6. The maximum absolute atomic E-state index is 13.4. The van der Waals surface area contributed by atoms with Gasteiger partial charge in [-0.05, 0) is 49.7 Å². The van der Waals surface area contributed by atoms with Gasteiger partial charge in [-0.25, -0.2) is 14.3 Å². The fourth-order valence-corrected chi connectivity index (χ4v) is 4.00. The van der Waals surface area contributed by atoms with Crippen molar-refractivity contribution in [3.63, 3.8) is 0 Å². The first kappa shape index (κ1) is 24.9. The summed E-state index contributed by atoms with van der Waals surface area (Å²) in [4.78, 5) is 43.9. The fourth-order valence-electron chi connectivity index (χ4n) is 4.00. The number of benzene rings is 2. The zero-order valence-corrected chi connectivity index (χ0v) is 20.6. The number of fused-ring (bicyclic) bond motifs is 1. The molecule has 0 saturated heterocycles. The van der Waals surface area contributed by atoms with Gasteiger partial charge in [0.1, 0.15) is 23.9 Å². The molecule has 0 aliphatic rings. The van der Waals surface area contributed by atoms with Gasteiger partial charge in [0, 0.05) is 25.9 Å². The van der Waals surface area contributed by atoms with E-state index in [1.54, 1.807) is 42.9 Å². The van der Waals surface area contributed by atoms with Crippen molar-refractivity contribution >= 4 is 22.8 Å². The van der Waals surface area contributed by atoms with Crippen molar-refractivity contribution in [1.29, 1.82) is 0 Å². The predicted octanol–water partition coefficient (Wildman–Crippen LogP) is 3.16. The highest BCUT2D eigenvalue weighted by Crippen LogP contribution is 2.22. The van der Waals surface area contributed by atoms with Gasteiger partial charge in [-0.2, -0.15) is 0 Å². The first-order valence-electron chi connectivity index (χ1n) is 11.7. The lowest BCUT2D eigenvalue weighted by atomic mass is 10.3. The predicted molar refractivity (Wildman–Crippen MR) is 137 cm³/mol. The van der Waals surface area contributed by atoms with E-state index in [9.17, 15) is 14.4 Å². The maximum Gasteiger partial charge on any atom is 0.333 e. The minimum absolute atomic E-state index is 0.285. The van der Waals surface area contributed by atoms with Crippen molar-refractivity contribution < 1.29 is 14.3 Å². The molecule has 0 fully saturated rings. The summed E-state index contributed by atoms with van der Waals surface area (Å²) in [5.74, 6) is 1.42. The number of nitrogens with zero attached hydrogens (tertiary/aromatic N) is 4. The van der Waals surface area contributed by atoms with Crippen LogP contribution in [0.3, 0.4) is 0 Å². The largest absolute Gasteiger partial charge is 0.457 e. The van der Waals surface area contributed by atoms with E-state index in [4.69, 9.17) is 9.47 Å². The summed E-state index contributed by atoms with van der Waals surface area (Å²) < 4.78 is 15.1. The number of methoxy groups -OCH3 is 1. The second-order valence-electron chi connectivity index (χ2n) is 8.29. The number of carbonyl (C=O) groups is 1. The van der Waals surface area contributed by atoms with Crippen LogP contribution in [-0.2, 0) is 29.2 Å². The molecule has 0 atom stereocenters. The molecule has 2 heterocycles. The van der Waals surface area contributed by atoms with E-state index in [1.165, 1.54) is 4.57 Å². The van der Waals surface area contributed by atoms with Gasteiger partial charge in [0.05, 0.1) is 6.61 Å². The Hall–Kier alpha value is -4.18. The van der Waals surface area contributed by atoms with Crippen LogP contribution in [0.2, 0.25) is 0 Å². The Kier molecular flexibility index (Phi) is 7.65. The van der Waals surface area contributed by atoms with E-state index in [0.29, 0.717) is 54.8 Å². The minimum Gasteiger partial charge on any atom is -0.457 e. The number of carbonyl (C=O) groups excluding carboxylic acids is 1. The summed E-state index contributed by atoms with van der Waals surface area (Å²) in [6.45, 7) is 4.44. The van der Waals surface area contributed by atoms with Crippen LogP contribution in [0.25, 0.3) is 11.2 Å². The number of hydrogen-bond acceptors (Lipinski definition) is 6. The van der Waals surface area contributed by atoms with E-state index < -0.39 is 23.7 Å². The van der Waals surface area contributed by atoms with Gasteiger partial charge < -0.3 is 19.4 Å². The fraction of sp³-hybridized carbons (Fsp3) is 0.308. The quantitative estimate of drug-likeness (QED) is 0.365. The molecule has 2 aromatic heterocycles. The second-order valence-corrected chi connectivity index (χ2v) is 8.29. The standard InChI is InChI=1S/C26H29N5O5/c1-4-14-30-24-23(29(15-16-35-3)18(2)27-24)25(33)31(26(30)34)17-22(32)28-19-10-12-21(13-11-19)36-20-8-6-5-7-9-20/h5-13H,4,14-17H2,1-3H3,(H,28,32). The van der Waals surface area contributed by atoms with Crippen LogP contribution >= 0.6 is 0 Å². The number of hydrogen-bond donors (Lipinski definition) is 1. The molecule has 0 unspecified atom stereocenters. The van der Waals surface area contributed by atoms with Gasteiger partial charge in [0.25, 0.3) is 5.56 Å². The molecule has 10 heteroatoms. The van der Waals surface area contributed by atoms with Crippen LogP contribution < -0.4 is 21.3 Å². The summed E-state index contributed by atoms with van der Waals surface area (Å²) >= 11 is 0. The van der Waals surface area contributed by atoms with E-state index in [1.807, 2.05) is 37.3 Å². The molecule has 1 amide bonds. The molecule has 0 saturated carbocycles. The molecule has 0 aliphatic heterocycles. The third kappa shape index (κ3) is 5.23. The molecule has 36 heavy (non-hydrogen) atoms. The first-order chi connectivity index (χ1) is 17.4. The highest BCUT2D eigenvalue weighted by atomic mass is 16.5. The Bertz CT molecular complexity index is 1470. The number of anilines is 1. The average Bonchev–Trinajstić information content (AvgIpc) is 3.20. The van der Waals surface area contributed by atoms with Crippen LogP contribution in [0, 0.1) is 6.92 Å². The first-order valence-corrected chi connectivity index (χ1v) is 11.7. The molecule has 2 aromatic carbocycles. The SMILES string of the molecule is CCCn1c(=O)n(CC(=O)Nc2ccc(Oc3ccccc3)cc2)c(=O)c2c1nc(C)n2CCOC. The molecule has 4 rings (SSSR count).